The number of amidine groups is 1. The molecule has 12 nitrogen and oxygen atoms in total. The first-order chi connectivity index (χ1) is 20.9. The van der Waals surface area contributed by atoms with Crippen molar-refractivity contribution < 1.29 is 23.9 Å². The Balaban J connectivity index is 1.62. The molecule has 0 radical (unpaired) electrons. The molecule has 0 saturated carbocycles. The molecule has 1 fully saturated rings. The molecule has 1 aromatic carbocycles. The van der Waals surface area contributed by atoms with Crippen LogP contribution in [-0.4, -0.2) is 107 Å². The number of amides is 3. The fourth-order valence-corrected chi connectivity index (χ4v) is 5.29. The Bertz CT molecular complexity index is 1340. The monoisotopic (exact) mass is 645 g/mol. The smallest absolute Gasteiger partial charge is 0.410 e. The Morgan fingerprint density at radius 2 is 1.67 bits per heavy atom. The number of benzene rings is 1. The van der Waals surface area contributed by atoms with Gasteiger partial charge in [0.2, 0.25) is 0 Å². The molecule has 45 heavy (non-hydrogen) atoms. The number of carbonyl (C=O) groups excluding carboxylic acids is 3. The zero-order valence-electron chi connectivity index (χ0n) is 28.0. The molecule has 13 heteroatoms. The number of ether oxygens (including phenoxy) is 2. The third kappa shape index (κ3) is 10.4. The predicted octanol–water partition coefficient (Wildman–Crippen LogP) is 4.76. The van der Waals surface area contributed by atoms with E-state index >= 15 is 0 Å². The first-order valence-corrected chi connectivity index (χ1v) is 15.6. The zero-order valence-corrected chi connectivity index (χ0v) is 28.7. The number of hydrazone groups is 1. The van der Waals surface area contributed by atoms with Gasteiger partial charge in [-0.15, -0.1) is 0 Å². The van der Waals surface area contributed by atoms with Gasteiger partial charge in [0.25, 0.3) is 11.8 Å². The second-order valence-corrected chi connectivity index (χ2v) is 13.7. The van der Waals surface area contributed by atoms with Gasteiger partial charge in [0, 0.05) is 51.0 Å². The SMILES string of the molecule is C=C(CN1N=C(C)CC1[C@H](C)/N=C(\NC)C(=O)Nc1ccc(C(=O)N2CCN(C(=O)OC(C)(C)C)CC2)c(Cl)c1)OC(C)(C)C. The molecule has 2 aliphatic heterocycles. The average Bonchev–Trinajstić information content (AvgIpc) is 3.28. The second kappa shape index (κ2) is 14.5. The highest BCUT2D eigenvalue weighted by Crippen LogP contribution is 2.25. The lowest BCUT2D eigenvalue weighted by atomic mass is 10.1. The lowest BCUT2D eigenvalue weighted by Crippen LogP contribution is -2.51. The van der Waals surface area contributed by atoms with Gasteiger partial charge in [-0.05, 0) is 73.6 Å². The van der Waals surface area contributed by atoms with Crippen LogP contribution in [0.25, 0.3) is 0 Å². The zero-order chi connectivity index (χ0) is 33.7. The first-order valence-electron chi connectivity index (χ1n) is 15.2. The minimum Gasteiger partial charge on any atom is -0.491 e. The van der Waals surface area contributed by atoms with Crippen molar-refractivity contribution in [1.29, 1.82) is 0 Å². The van der Waals surface area contributed by atoms with Crippen molar-refractivity contribution in [3.63, 3.8) is 0 Å². The Hall–Kier alpha value is -3.80. The molecule has 2 aliphatic rings. The van der Waals surface area contributed by atoms with E-state index in [4.69, 9.17) is 21.1 Å². The van der Waals surface area contributed by atoms with Crippen LogP contribution in [0.15, 0.2) is 40.6 Å². The van der Waals surface area contributed by atoms with Crippen molar-refractivity contribution in [2.75, 3.05) is 45.1 Å². The first kappa shape index (κ1) is 35.7. The summed E-state index contributed by atoms with van der Waals surface area (Å²) in [6.45, 7) is 21.1. The second-order valence-electron chi connectivity index (χ2n) is 13.3. The quantitative estimate of drug-likeness (QED) is 0.249. The van der Waals surface area contributed by atoms with Crippen LogP contribution < -0.4 is 10.6 Å². The lowest BCUT2D eigenvalue weighted by molar-refractivity contribution is -0.110. The fourth-order valence-electron chi connectivity index (χ4n) is 5.03. The van der Waals surface area contributed by atoms with Gasteiger partial charge in [-0.1, -0.05) is 18.2 Å². The van der Waals surface area contributed by atoms with E-state index in [1.54, 1.807) is 29.0 Å². The number of nitrogens with zero attached hydrogens (tertiary/aromatic N) is 5. The minimum atomic E-state index is -0.588. The van der Waals surface area contributed by atoms with Crippen LogP contribution in [0.5, 0.6) is 0 Å². The molecule has 0 aliphatic carbocycles. The molecule has 1 unspecified atom stereocenters. The van der Waals surface area contributed by atoms with Gasteiger partial charge in [-0.3, -0.25) is 19.6 Å². The molecule has 3 amide bonds. The Kier molecular flexibility index (Phi) is 11.5. The highest BCUT2D eigenvalue weighted by atomic mass is 35.5. The van der Waals surface area contributed by atoms with E-state index < -0.39 is 17.6 Å². The number of anilines is 1. The van der Waals surface area contributed by atoms with Gasteiger partial charge >= 0.3 is 6.09 Å². The number of aliphatic imine (C=N–C) groups is 1. The summed E-state index contributed by atoms with van der Waals surface area (Å²) in [5.41, 5.74) is 0.749. The molecule has 0 aromatic heterocycles. The topological polar surface area (TPSA) is 128 Å². The van der Waals surface area contributed by atoms with E-state index in [-0.39, 0.29) is 34.5 Å². The summed E-state index contributed by atoms with van der Waals surface area (Å²) in [6, 6.07) is 4.40. The number of piperazine rings is 1. The van der Waals surface area contributed by atoms with Crippen molar-refractivity contribution >= 4 is 46.7 Å². The van der Waals surface area contributed by atoms with E-state index in [2.05, 4.69) is 27.3 Å². The molecular formula is C32H48ClN7O5. The van der Waals surface area contributed by atoms with Crippen LogP contribution in [0.4, 0.5) is 10.5 Å². The van der Waals surface area contributed by atoms with Gasteiger partial charge < -0.3 is 29.9 Å². The van der Waals surface area contributed by atoms with Crippen LogP contribution in [-0.2, 0) is 14.3 Å². The highest BCUT2D eigenvalue weighted by Gasteiger charge is 2.32. The highest BCUT2D eigenvalue weighted by molar-refractivity contribution is 6.42. The van der Waals surface area contributed by atoms with Gasteiger partial charge in [0.15, 0.2) is 5.84 Å². The molecule has 3 rings (SSSR count). The summed E-state index contributed by atoms with van der Waals surface area (Å²) >= 11 is 6.51. The summed E-state index contributed by atoms with van der Waals surface area (Å²) < 4.78 is 11.3. The Labute approximate surface area is 271 Å². The summed E-state index contributed by atoms with van der Waals surface area (Å²) in [7, 11) is 1.63. The van der Waals surface area contributed by atoms with Crippen LogP contribution in [0.3, 0.4) is 0 Å². The van der Waals surface area contributed by atoms with Gasteiger partial charge in [-0.2, -0.15) is 5.10 Å². The number of likely N-dealkylation sites (N-methyl/N-ethyl adjacent to an activating group) is 1. The minimum absolute atomic E-state index is 0.0767. The maximum atomic E-state index is 13.2. The average molecular weight is 646 g/mol. The maximum Gasteiger partial charge on any atom is 0.410 e. The molecule has 0 spiro atoms. The van der Waals surface area contributed by atoms with Crippen LogP contribution >= 0.6 is 11.6 Å². The number of halogens is 1. The van der Waals surface area contributed by atoms with E-state index in [9.17, 15) is 14.4 Å². The lowest BCUT2D eigenvalue weighted by Gasteiger charge is -2.35. The summed E-state index contributed by atoms with van der Waals surface area (Å²) in [5.74, 6) is 0.0640. The van der Waals surface area contributed by atoms with Crippen LogP contribution in [0.2, 0.25) is 5.02 Å². The van der Waals surface area contributed by atoms with Crippen molar-refractivity contribution in [1.82, 2.24) is 20.1 Å². The molecule has 1 aromatic rings. The molecule has 248 valence electrons. The third-order valence-corrected chi connectivity index (χ3v) is 7.31. The number of rotatable bonds is 7. The van der Waals surface area contributed by atoms with Crippen molar-refractivity contribution in [3.05, 3.63) is 41.1 Å². The molecular weight excluding hydrogens is 598 g/mol. The summed E-state index contributed by atoms with van der Waals surface area (Å²) in [5, 5.41) is 12.5. The summed E-state index contributed by atoms with van der Waals surface area (Å²) in [4.78, 5) is 46.7. The van der Waals surface area contributed by atoms with E-state index in [1.165, 1.54) is 6.07 Å². The van der Waals surface area contributed by atoms with Crippen molar-refractivity contribution in [3.8, 4) is 0 Å². The van der Waals surface area contributed by atoms with E-state index in [0.29, 0.717) is 56.2 Å². The van der Waals surface area contributed by atoms with Crippen molar-refractivity contribution in [2.45, 2.75) is 85.1 Å². The molecule has 1 saturated heterocycles. The molecule has 2 heterocycles. The van der Waals surface area contributed by atoms with Gasteiger partial charge in [0.05, 0.1) is 29.2 Å². The number of hydrogen-bond acceptors (Lipinski definition) is 8. The third-order valence-electron chi connectivity index (χ3n) is 6.99. The van der Waals surface area contributed by atoms with Gasteiger partial charge in [0.1, 0.15) is 17.0 Å². The Morgan fingerprint density at radius 1 is 1.07 bits per heavy atom. The van der Waals surface area contributed by atoms with Crippen LogP contribution in [0, 0.1) is 0 Å². The fraction of sp³-hybridized carbons (Fsp3) is 0.594. The summed E-state index contributed by atoms with van der Waals surface area (Å²) in [6.07, 6.45) is 0.306. The predicted molar refractivity (Wildman–Crippen MR) is 178 cm³/mol. The van der Waals surface area contributed by atoms with E-state index in [1.807, 2.05) is 60.4 Å². The molecule has 2 N–H and O–H groups in total. The molecule has 2 atom stereocenters. The standard InChI is InChI=1S/C32H48ClN7O5/c1-20-17-26(40(37-20)19-21(2)44-31(4,5)6)22(3)35-27(34-10)28(41)36-23-11-12-24(25(33)18-23)29(42)38-13-15-39(16-14-38)30(43)45-32(7,8)9/h11-12,18,22,26H,2,13-17,19H2,1,3-10H3,(H,34,35)(H,36,41)/t22-,26?/m0/s1. The van der Waals surface area contributed by atoms with Crippen LogP contribution in [0.1, 0.15) is 72.2 Å². The Morgan fingerprint density at radius 3 is 2.22 bits per heavy atom. The molecule has 0 bridgehead atoms. The maximum absolute atomic E-state index is 13.2. The number of hydrogen-bond donors (Lipinski definition) is 2. The van der Waals surface area contributed by atoms with E-state index in [0.717, 1.165) is 5.71 Å². The van der Waals surface area contributed by atoms with Gasteiger partial charge in [-0.25, -0.2) is 4.79 Å². The normalized spacial score (nSPS) is 18.3. The largest absolute Gasteiger partial charge is 0.491 e. The number of nitrogens with one attached hydrogen (secondary N) is 2. The van der Waals surface area contributed by atoms with Crippen molar-refractivity contribution in [2.24, 2.45) is 10.1 Å². The number of carbonyl (C=O) groups is 3.